The molecule has 1 aromatic carbocycles. The first-order valence-corrected chi connectivity index (χ1v) is 7.57. The van der Waals surface area contributed by atoms with Crippen LogP contribution in [0.3, 0.4) is 0 Å². The molecule has 0 N–H and O–H groups in total. The van der Waals surface area contributed by atoms with Crippen LogP contribution in [0.25, 0.3) is 0 Å². The third kappa shape index (κ3) is 3.60. The highest BCUT2D eigenvalue weighted by Crippen LogP contribution is 2.39. The Morgan fingerprint density at radius 3 is 2.40 bits per heavy atom. The van der Waals surface area contributed by atoms with E-state index in [9.17, 15) is 0 Å². The third-order valence-electron chi connectivity index (χ3n) is 4.38. The van der Waals surface area contributed by atoms with Gasteiger partial charge >= 0.3 is 0 Å². The van der Waals surface area contributed by atoms with Crippen molar-refractivity contribution in [3.63, 3.8) is 0 Å². The molecule has 0 spiro atoms. The Kier molecular flexibility index (Phi) is 5.18. The molecule has 1 aliphatic rings. The lowest BCUT2D eigenvalue weighted by Crippen LogP contribution is -2.35. The largest absolute Gasteiger partial charge is 0.298 e. The van der Waals surface area contributed by atoms with Crippen molar-refractivity contribution in [2.24, 2.45) is 11.1 Å². The van der Waals surface area contributed by atoms with Gasteiger partial charge in [0.2, 0.25) is 0 Å². The highest BCUT2D eigenvalue weighted by atomic mass is 16.8. The average Bonchev–Trinajstić information content (AvgIpc) is 2.48. The lowest BCUT2D eigenvalue weighted by Gasteiger charge is -2.37. The zero-order valence-electron chi connectivity index (χ0n) is 12.9. The van der Waals surface area contributed by atoms with Gasteiger partial charge in [0.1, 0.15) is 0 Å². The Bertz CT molecular complexity index is 424. The topological polar surface area (TPSA) is 24.8 Å². The predicted octanol–water partition coefficient (Wildman–Crippen LogP) is 4.00. The fourth-order valence-corrected chi connectivity index (χ4v) is 3.14. The maximum absolute atomic E-state index is 5.25. The molecule has 1 fully saturated rings. The van der Waals surface area contributed by atoms with Gasteiger partial charge in [-0.3, -0.25) is 4.94 Å². The van der Waals surface area contributed by atoms with Gasteiger partial charge in [-0.2, -0.15) is 0 Å². The van der Waals surface area contributed by atoms with E-state index >= 15 is 0 Å². The van der Waals surface area contributed by atoms with Crippen LogP contribution in [0.2, 0.25) is 0 Å². The molecule has 3 nitrogen and oxygen atoms in total. The number of rotatable bonds is 5. The van der Waals surface area contributed by atoms with Gasteiger partial charge in [0.15, 0.2) is 0 Å². The number of hydrogen-bond donors (Lipinski definition) is 0. The van der Waals surface area contributed by atoms with E-state index in [1.54, 1.807) is 5.06 Å². The summed E-state index contributed by atoms with van der Waals surface area (Å²) < 4.78 is 0. The molecule has 1 atom stereocenters. The second-order valence-electron chi connectivity index (χ2n) is 6.11. The van der Waals surface area contributed by atoms with Crippen molar-refractivity contribution in [1.29, 1.82) is 0 Å². The second kappa shape index (κ2) is 6.89. The summed E-state index contributed by atoms with van der Waals surface area (Å²) in [6.45, 7) is 2.29. The van der Waals surface area contributed by atoms with Crippen molar-refractivity contribution in [3.05, 3.63) is 35.9 Å². The maximum atomic E-state index is 5.25. The van der Waals surface area contributed by atoms with Crippen LogP contribution in [-0.2, 0) is 10.4 Å². The molecule has 1 unspecified atom stereocenters. The fourth-order valence-electron chi connectivity index (χ4n) is 3.14. The predicted molar refractivity (Wildman–Crippen MR) is 83.6 cm³/mol. The molecule has 0 aliphatic heterocycles. The monoisotopic (exact) mass is 274 g/mol. The van der Waals surface area contributed by atoms with Crippen molar-refractivity contribution in [2.45, 2.75) is 44.4 Å². The molecule has 0 aromatic heterocycles. The Hall–Kier alpha value is -1.35. The quantitative estimate of drug-likeness (QED) is 0.599. The molecular formula is C17H26N2O. The van der Waals surface area contributed by atoms with E-state index in [0.717, 1.165) is 0 Å². The van der Waals surface area contributed by atoms with Gasteiger partial charge in [-0.1, -0.05) is 61.7 Å². The minimum Gasteiger partial charge on any atom is -0.298 e. The van der Waals surface area contributed by atoms with Gasteiger partial charge in [-0.15, -0.1) is 5.06 Å². The van der Waals surface area contributed by atoms with E-state index in [1.165, 1.54) is 37.7 Å². The lowest BCUT2D eigenvalue weighted by molar-refractivity contribution is -0.118. The van der Waals surface area contributed by atoms with Crippen LogP contribution in [-0.4, -0.2) is 25.4 Å². The number of hydroxylamine groups is 2. The molecule has 110 valence electrons. The van der Waals surface area contributed by atoms with E-state index in [4.69, 9.17) is 4.94 Å². The maximum Gasteiger partial charge on any atom is 0.0568 e. The van der Waals surface area contributed by atoms with Gasteiger partial charge in [0.05, 0.1) is 6.21 Å². The number of nitrogens with zero attached hydrogens (tertiary/aromatic N) is 2. The van der Waals surface area contributed by atoms with E-state index in [-0.39, 0.29) is 5.41 Å². The van der Waals surface area contributed by atoms with Gasteiger partial charge in [0, 0.05) is 19.5 Å². The van der Waals surface area contributed by atoms with E-state index in [1.807, 2.05) is 20.3 Å². The molecule has 1 aromatic rings. The molecule has 0 heterocycles. The van der Waals surface area contributed by atoms with Crippen molar-refractivity contribution < 1.29 is 4.94 Å². The summed E-state index contributed by atoms with van der Waals surface area (Å²) in [5, 5.41) is 5.81. The number of hydrogen-bond acceptors (Lipinski definition) is 3. The summed E-state index contributed by atoms with van der Waals surface area (Å²) in [5.41, 5.74) is 1.29. The fraction of sp³-hybridized carbons (Fsp3) is 0.588. The molecule has 0 amide bonds. The molecular weight excluding hydrogens is 248 g/mol. The van der Waals surface area contributed by atoms with Crippen LogP contribution in [0.5, 0.6) is 0 Å². The molecule has 20 heavy (non-hydrogen) atoms. The van der Waals surface area contributed by atoms with Crippen LogP contribution < -0.4 is 0 Å². The van der Waals surface area contributed by atoms with Crippen molar-refractivity contribution in [2.75, 3.05) is 14.1 Å². The molecule has 0 bridgehead atoms. The van der Waals surface area contributed by atoms with Crippen LogP contribution in [0.4, 0.5) is 0 Å². The molecule has 3 heteroatoms. The molecule has 0 radical (unpaired) electrons. The van der Waals surface area contributed by atoms with E-state index < -0.39 is 0 Å². The van der Waals surface area contributed by atoms with E-state index in [2.05, 4.69) is 42.4 Å². The SMILES string of the molecule is CN(C)ON=CC(C)(c1ccccc1)C1CCCCC1. The minimum atomic E-state index is -0.0440. The smallest absolute Gasteiger partial charge is 0.0568 e. The Morgan fingerprint density at radius 1 is 1.15 bits per heavy atom. The average molecular weight is 274 g/mol. The Morgan fingerprint density at radius 2 is 1.80 bits per heavy atom. The number of oxime groups is 1. The summed E-state index contributed by atoms with van der Waals surface area (Å²) in [4.78, 5) is 5.25. The standard InChI is InChI=1S/C17H26N2O/c1-17(14-18-20-19(2)3,15-10-6-4-7-11-15)16-12-8-5-9-13-16/h4,6-7,10-11,14,16H,5,8-9,12-13H2,1-3H3. The van der Waals surface area contributed by atoms with Gasteiger partial charge in [-0.25, -0.2) is 0 Å². The van der Waals surface area contributed by atoms with Crippen LogP contribution in [0, 0.1) is 5.92 Å². The summed E-state index contributed by atoms with van der Waals surface area (Å²) in [6.07, 6.45) is 8.58. The highest BCUT2D eigenvalue weighted by Gasteiger charge is 2.35. The van der Waals surface area contributed by atoms with Crippen LogP contribution in [0.15, 0.2) is 35.5 Å². The first-order chi connectivity index (χ1) is 9.63. The first-order valence-electron chi connectivity index (χ1n) is 7.57. The van der Waals surface area contributed by atoms with Gasteiger partial charge in [-0.05, 0) is 24.3 Å². The lowest BCUT2D eigenvalue weighted by atomic mass is 9.67. The Labute approximate surface area is 122 Å². The molecule has 1 aliphatic carbocycles. The normalized spacial score (nSPS) is 20.2. The zero-order valence-corrected chi connectivity index (χ0v) is 12.9. The Balaban J connectivity index is 2.24. The third-order valence-corrected chi connectivity index (χ3v) is 4.38. The second-order valence-corrected chi connectivity index (χ2v) is 6.11. The van der Waals surface area contributed by atoms with Crippen molar-refractivity contribution in [1.82, 2.24) is 5.06 Å². The summed E-state index contributed by atoms with van der Waals surface area (Å²) in [7, 11) is 3.69. The minimum absolute atomic E-state index is 0.0440. The van der Waals surface area contributed by atoms with Crippen molar-refractivity contribution >= 4 is 6.21 Å². The van der Waals surface area contributed by atoms with Crippen molar-refractivity contribution in [3.8, 4) is 0 Å². The summed E-state index contributed by atoms with van der Waals surface area (Å²) in [5.74, 6) is 0.646. The zero-order chi connectivity index (χ0) is 14.4. The van der Waals surface area contributed by atoms with E-state index in [0.29, 0.717) is 5.92 Å². The number of benzene rings is 1. The van der Waals surface area contributed by atoms with Gasteiger partial charge < -0.3 is 0 Å². The summed E-state index contributed by atoms with van der Waals surface area (Å²) in [6, 6.07) is 10.7. The highest BCUT2D eigenvalue weighted by molar-refractivity contribution is 5.73. The molecule has 1 saturated carbocycles. The van der Waals surface area contributed by atoms with Gasteiger partial charge in [0.25, 0.3) is 0 Å². The van der Waals surface area contributed by atoms with Crippen LogP contribution >= 0.6 is 0 Å². The first kappa shape index (κ1) is 15.0. The van der Waals surface area contributed by atoms with Crippen LogP contribution in [0.1, 0.15) is 44.6 Å². The molecule has 0 saturated heterocycles. The molecule has 2 rings (SSSR count). The summed E-state index contributed by atoms with van der Waals surface area (Å²) >= 11 is 0.